The lowest BCUT2D eigenvalue weighted by Crippen LogP contribution is -2.05. The van der Waals surface area contributed by atoms with Crippen molar-refractivity contribution in [1.82, 2.24) is 4.98 Å². The van der Waals surface area contributed by atoms with Crippen LogP contribution in [0.5, 0.6) is 0 Å². The van der Waals surface area contributed by atoms with Gasteiger partial charge < -0.3 is 10.4 Å². The fraction of sp³-hybridized carbons (Fsp3) is 0. The van der Waals surface area contributed by atoms with Crippen LogP contribution in [0.25, 0.3) is 0 Å². The zero-order valence-electron chi connectivity index (χ0n) is 9.62. The van der Waals surface area contributed by atoms with E-state index in [-0.39, 0.29) is 21.4 Å². The molecule has 0 radical (unpaired) electrons. The van der Waals surface area contributed by atoms with Crippen molar-refractivity contribution >= 4 is 68.1 Å². The van der Waals surface area contributed by atoms with Gasteiger partial charge in [-0.15, -0.1) is 0 Å². The highest BCUT2D eigenvalue weighted by Crippen LogP contribution is 2.35. The lowest BCUT2D eigenvalue weighted by molar-refractivity contribution is 0.0697. The molecule has 0 bridgehead atoms. The molecule has 0 fully saturated rings. The molecule has 0 amide bonds. The van der Waals surface area contributed by atoms with Crippen molar-refractivity contribution in [3.8, 4) is 0 Å². The standard InChI is InChI=1S/C12H6BrCl3N2O2/c13-7-2-1-5(3-8(7)14)18-10-6(12(19)20)4-17-11(16)9(10)15/h1-4H,(H,17,18)(H,19,20). The maximum absolute atomic E-state index is 11.2. The van der Waals surface area contributed by atoms with Crippen LogP contribution in [0, 0.1) is 0 Å². The summed E-state index contributed by atoms with van der Waals surface area (Å²) in [5.74, 6) is -1.17. The SMILES string of the molecule is O=C(O)c1cnc(Cl)c(Cl)c1Nc1ccc(Br)c(Cl)c1. The van der Waals surface area contributed by atoms with Crippen molar-refractivity contribution in [2.75, 3.05) is 5.32 Å². The Bertz CT molecular complexity index is 695. The highest BCUT2D eigenvalue weighted by Gasteiger charge is 2.17. The number of hydrogen-bond donors (Lipinski definition) is 2. The van der Waals surface area contributed by atoms with Gasteiger partial charge >= 0.3 is 5.97 Å². The molecule has 20 heavy (non-hydrogen) atoms. The molecule has 8 heteroatoms. The minimum absolute atomic E-state index is 0.0161. The highest BCUT2D eigenvalue weighted by molar-refractivity contribution is 9.10. The molecule has 2 aromatic rings. The molecule has 1 heterocycles. The number of carboxylic acid groups (broad SMARTS) is 1. The summed E-state index contributed by atoms with van der Waals surface area (Å²) in [4.78, 5) is 14.9. The van der Waals surface area contributed by atoms with Crippen LogP contribution in [-0.4, -0.2) is 16.1 Å². The van der Waals surface area contributed by atoms with Crippen LogP contribution < -0.4 is 5.32 Å². The summed E-state index contributed by atoms with van der Waals surface area (Å²) in [5.41, 5.74) is 0.654. The Morgan fingerprint density at radius 3 is 2.60 bits per heavy atom. The van der Waals surface area contributed by atoms with Crippen molar-refractivity contribution in [3.63, 3.8) is 0 Å². The molecule has 1 aromatic heterocycles. The molecule has 0 aliphatic heterocycles. The molecular formula is C12H6BrCl3N2O2. The van der Waals surface area contributed by atoms with Gasteiger partial charge in [-0.05, 0) is 34.1 Å². The van der Waals surface area contributed by atoms with Crippen molar-refractivity contribution in [2.24, 2.45) is 0 Å². The van der Waals surface area contributed by atoms with Gasteiger partial charge in [-0.1, -0.05) is 34.8 Å². The molecule has 0 saturated carbocycles. The number of carboxylic acids is 1. The van der Waals surface area contributed by atoms with Crippen LogP contribution in [0.3, 0.4) is 0 Å². The van der Waals surface area contributed by atoms with Gasteiger partial charge in [-0.25, -0.2) is 9.78 Å². The Labute approximate surface area is 137 Å². The predicted octanol–water partition coefficient (Wildman–Crippen LogP) is 5.25. The first-order valence-electron chi connectivity index (χ1n) is 5.19. The normalized spacial score (nSPS) is 10.4. The van der Waals surface area contributed by atoms with Gasteiger partial charge in [0.05, 0.1) is 10.7 Å². The van der Waals surface area contributed by atoms with E-state index in [0.717, 1.165) is 10.7 Å². The molecule has 2 N–H and O–H groups in total. The predicted molar refractivity (Wildman–Crippen MR) is 83.7 cm³/mol. The van der Waals surface area contributed by atoms with E-state index in [2.05, 4.69) is 26.2 Å². The second kappa shape index (κ2) is 6.18. The summed E-state index contributed by atoms with van der Waals surface area (Å²) in [6.07, 6.45) is 1.14. The molecule has 0 saturated heterocycles. The highest BCUT2D eigenvalue weighted by atomic mass is 79.9. The smallest absolute Gasteiger partial charge is 0.339 e. The molecule has 1 aromatic carbocycles. The number of benzene rings is 1. The van der Waals surface area contributed by atoms with Crippen molar-refractivity contribution < 1.29 is 9.90 Å². The lowest BCUT2D eigenvalue weighted by Gasteiger charge is -2.12. The number of rotatable bonds is 3. The molecule has 0 aliphatic carbocycles. The molecule has 4 nitrogen and oxygen atoms in total. The summed E-state index contributed by atoms with van der Waals surface area (Å²) in [6.45, 7) is 0. The van der Waals surface area contributed by atoms with Crippen LogP contribution in [0.2, 0.25) is 15.2 Å². The van der Waals surface area contributed by atoms with Gasteiger partial charge in [0.15, 0.2) is 0 Å². The molecule has 0 aliphatic rings. The minimum Gasteiger partial charge on any atom is -0.478 e. The number of carbonyl (C=O) groups is 1. The second-order valence-corrected chi connectivity index (χ2v) is 5.71. The van der Waals surface area contributed by atoms with Crippen LogP contribution in [-0.2, 0) is 0 Å². The molecule has 104 valence electrons. The first kappa shape index (κ1) is 15.4. The third-order valence-electron chi connectivity index (χ3n) is 2.40. The Hall–Kier alpha value is -1.01. The second-order valence-electron chi connectivity index (χ2n) is 3.71. The first-order valence-corrected chi connectivity index (χ1v) is 7.12. The van der Waals surface area contributed by atoms with E-state index >= 15 is 0 Å². The zero-order valence-corrected chi connectivity index (χ0v) is 13.5. The summed E-state index contributed by atoms with van der Waals surface area (Å²) < 4.78 is 0.724. The minimum atomic E-state index is -1.17. The van der Waals surface area contributed by atoms with E-state index in [0.29, 0.717) is 10.7 Å². The Morgan fingerprint density at radius 2 is 2.00 bits per heavy atom. The van der Waals surface area contributed by atoms with E-state index in [1.54, 1.807) is 18.2 Å². The Balaban J connectivity index is 2.49. The fourth-order valence-electron chi connectivity index (χ4n) is 1.47. The lowest BCUT2D eigenvalue weighted by atomic mass is 10.2. The first-order chi connectivity index (χ1) is 9.40. The third kappa shape index (κ3) is 3.17. The average molecular weight is 396 g/mol. The van der Waals surface area contributed by atoms with Crippen LogP contribution in [0.1, 0.15) is 10.4 Å². The largest absolute Gasteiger partial charge is 0.478 e. The monoisotopic (exact) mass is 394 g/mol. The molecule has 0 unspecified atom stereocenters. The number of nitrogens with zero attached hydrogens (tertiary/aromatic N) is 1. The van der Waals surface area contributed by atoms with Gasteiger partial charge in [0.1, 0.15) is 15.7 Å². The number of aromatic carboxylic acids is 1. The van der Waals surface area contributed by atoms with Crippen molar-refractivity contribution in [1.29, 1.82) is 0 Å². The number of halogens is 4. The number of pyridine rings is 1. The van der Waals surface area contributed by atoms with E-state index in [4.69, 9.17) is 39.9 Å². The number of anilines is 2. The fourth-order valence-corrected chi connectivity index (χ4v) is 2.23. The van der Waals surface area contributed by atoms with Crippen LogP contribution in [0.15, 0.2) is 28.9 Å². The molecule has 0 spiro atoms. The van der Waals surface area contributed by atoms with Gasteiger partial charge in [0.25, 0.3) is 0 Å². The summed E-state index contributed by atoms with van der Waals surface area (Å²) in [7, 11) is 0. The Morgan fingerprint density at radius 1 is 1.30 bits per heavy atom. The number of nitrogens with one attached hydrogen (secondary N) is 1. The zero-order chi connectivity index (χ0) is 14.9. The maximum atomic E-state index is 11.2. The Kier molecular flexibility index (Phi) is 4.75. The van der Waals surface area contributed by atoms with Crippen molar-refractivity contribution in [2.45, 2.75) is 0 Å². The molecule has 0 atom stereocenters. The van der Waals surface area contributed by atoms with Gasteiger partial charge in [0, 0.05) is 16.4 Å². The molecule has 2 rings (SSSR count). The van der Waals surface area contributed by atoms with Gasteiger partial charge in [-0.2, -0.15) is 0 Å². The quantitative estimate of drug-likeness (QED) is 0.696. The maximum Gasteiger partial charge on any atom is 0.339 e. The van der Waals surface area contributed by atoms with E-state index in [9.17, 15) is 4.79 Å². The van der Waals surface area contributed by atoms with E-state index in [1.807, 2.05) is 0 Å². The molecular weight excluding hydrogens is 390 g/mol. The van der Waals surface area contributed by atoms with E-state index < -0.39 is 5.97 Å². The summed E-state index contributed by atoms with van der Waals surface area (Å²) >= 11 is 21.1. The number of hydrogen-bond acceptors (Lipinski definition) is 3. The average Bonchev–Trinajstić information content (AvgIpc) is 2.39. The van der Waals surface area contributed by atoms with Gasteiger partial charge in [-0.3, -0.25) is 0 Å². The van der Waals surface area contributed by atoms with Crippen LogP contribution in [0.4, 0.5) is 11.4 Å². The summed E-state index contributed by atoms with van der Waals surface area (Å²) in [6, 6.07) is 5.07. The van der Waals surface area contributed by atoms with Gasteiger partial charge in [0.2, 0.25) is 0 Å². The van der Waals surface area contributed by atoms with E-state index in [1.165, 1.54) is 0 Å². The summed E-state index contributed by atoms with van der Waals surface area (Å²) in [5, 5.41) is 12.6. The van der Waals surface area contributed by atoms with Crippen LogP contribution >= 0.6 is 50.7 Å². The topological polar surface area (TPSA) is 62.2 Å². The number of aromatic nitrogens is 1. The van der Waals surface area contributed by atoms with Crippen molar-refractivity contribution in [3.05, 3.63) is 49.6 Å². The third-order valence-corrected chi connectivity index (χ3v) is 4.38.